The molecule has 0 aliphatic carbocycles. The van der Waals surface area contributed by atoms with Crippen LogP contribution in [0.25, 0.3) is 0 Å². The molecule has 2 unspecified atom stereocenters. The van der Waals surface area contributed by atoms with Gasteiger partial charge in [-0.05, 0) is 14.0 Å². The Kier molecular flexibility index (Phi) is 6.09. The van der Waals surface area contributed by atoms with Crippen LogP contribution in [0.15, 0.2) is 18.5 Å². The van der Waals surface area contributed by atoms with Gasteiger partial charge in [-0.15, -0.1) is 10.2 Å². The fraction of sp³-hybridized carbons (Fsp3) is 0.471. The second kappa shape index (κ2) is 8.54. The predicted molar refractivity (Wildman–Crippen MR) is 97.4 cm³/mol. The van der Waals surface area contributed by atoms with Crippen molar-refractivity contribution in [2.45, 2.75) is 25.2 Å². The molecule has 1 fully saturated rings. The van der Waals surface area contributed by atoms with E-state index in [0.717, 1.165) is 0 Å². The predicted octanol–water partition coefficient (Wildman–Crippen LogP) is 2.03. The van der Waals surface area contributed by atoms with Crippen LogP contribution in [-0.2, 0) is 10.9 Å². The summed E-state index contributed by atoms with van der Waals surface area (Å²) in [4.78, 5) is 9.87. The van der Waals surface area contributed by atoms with Crippen LogP contribution in [0.1, 0.15) is 18.3 Å². The zero-order valence-electron chi connectivity index (χ0n) is 15.7. The topological polar surface area (TPSA) is 112 Å². The fourth-order valence-electron chi connectivity index (χ4n) is 2.68. The molecule has 12 heteroatoms. The first kappa shape index (κ1) is 20.7. The van der Waals surface area contributed by atoms with E-state index in [1.54, 1.807) is 0 Å². The Morgan fingerprint density at radius 1 is 1.28 bits per heavy atom. The molecule has 3 rings (SSSR count). The SMILES string of the molecule is CC1COC(CNc2cc(Nc3cnc(C#N)cn3)nnc2C(F)(F)F)CN1C. The van der Waals surface area contributed by atoms with Crippen molar-refractivity contribution in [2.24, 2.45) is 0 Å². The van der Waals surface area contributed by atoms with Crippen molar-refractivity contribution in [1.29, 1.82) is 5.26 Å². The minimum absolute atomic E-state index is 0.0508. The van der Waals surface area contributed by atoms with Gasteiger partial charge in [0.05, 0.1) is 30.8 Å². The molecule has 3 heterocycles. The highest BCUT2D eigenvalue weighted by molar-refractivity contribution is 5.60. The van der Waals surface area contributed by atoms with Crippen LogP contribution in [0.5, 0.6) is 0 Å². The Morgan fingerprint density at radius 2 is 2.07 bits per heavy atom. The Hall–Kier alpha value is -3.04. The van der Waals surface area contributed by atoms with E-state index in [2.05, 4.69) is 35.7 Å². The van der Waals surface area contributed by atoms with Gasteiger partial charge in [-0.2, -0.15) is 18.4 Å². The molecule has 0 radical (unpaired) electrons. The van der Waals surface area contributed by atoms with Gasteiger partial charge in [0.25, 0.3) is 0 Å². The molecule has 1 aliphatic heterocycles. The number of nitriles is 1. The van der Waals surface area contributed by atoms with Gasteiger partial charge in [-0.1, -0.05) is 0 Å². The third kappa shape index (κ3) is 5.27. The molecule has 0 saturated carbocycles. The van der Waals surface area contributed by atoms with Crippen molar-refractivity contribution in [1.82, 2.24) is 25.1 Å². The van der Waals surface area contributed by atoms with E-state index in [4.69, 9.17) is 10.00 Å². The van der Waals surface area contributed by atoms with Crippen molar-refractivity contribution in [2.75, 3.05) is 37.4 Å². The van der Waals surface area contributed by atoms with Crippen LogP contribution in [0.4, 0.5) is 30.5 Å². The molecule has 1 saturated heterocycles. The summed E-state index contributed by atoms with van der Waals surface area (Å²) in [6, 6.07) is 3.28. The molecule has 0 aromatic carbocycles. The molecule has 9 nitrogen and oxygen atoms in total. The van der Waals surface area contributed by atoms with E-state index in [0.29, 0.717) is 13.2 Å². The highest BCUT2D eigenvalue weighted by Crippen LogP contribution is 2.34. The third-order valence-corrected chi connectivity index (χ3v) is 4.42. The van der Waals surface area contributed by atoms with Crippen molar-refractivity contribution in [3.63, 3.8) is 0 Å². The van der Waals surface area contributed by atoms with Crippen molar-refractivity contribution < 1.29 is 17.9 Å². The van der Waals surface area contributed by atoms with Crippen LogP contribution in [0, 0.1) is 11.3 Å². The summed E-state index contributed by atoms with van der Waals surface area (Å²) >= 11 is 0. The van der Waals surface area contributed by atoms with E-state index < -0.39 is 11.9 Å². The Labute approximate surface area is 164 Å². The highest BCUT2D eigenvalue weighted by atomic mass is 19.4. The van der Waals surface area contributed by atoms with Crippen molar-refractivity contribution in [3.05, 3.63) is 29.8 Å². The lowest BCUT2D eigenvalue weighted by atomic mass is 10.2. The van der Waals surface area contributed by atoms with E-state index in [-0.39, 0.29) is 41.7 Å². The number of ether oxygens (including phenoxy) is 1. The molecule has 0 amide bonds. The molecule has 2 aromatic heterocycles. The summed E-state index contributed by atoms with van der Waals surface area (Å²) in [5, 5.41) is 21.1. The standard InChI is InChI=1S/C17H19F3N8O/c1-10-9-29-12(8-28(10)2)6-23-13-3-14(26-27-16(13)17(18,19)20)25-15-7-22-11(4-21)5-24-15/h3,5,7,10,12H,6,8-9H2,1-2H3,(H2,23,24,25,26). The first-order valence-corrected chi connectivity index (χ1v) is 8.76. The zero-order chi connectivity index (χ0) is 21.0. The molecule has 2 N–H and O–H groups in total. The number of halogens is 3. The second-order valence-electron chi connectivity index (χ2n) is 6.64. The number of alkyl halides is 3. The van der Waals surface area contributed by atoms with Gasteiger partial charge in [-0.3, -0.25) is 4.90 Å². The zero-order valence-corrected chi connectivity index (χ0v) is 15.7. The minimum atomic E-state index is -4.67. The summed E-state index contributed by atoms with van der Waals surface area (Å²) in [5.74, 6) is 0.269. The molecular weight excluding hydrogens is 389 g/mol. The van der Waals surface area contributed by atoms with Crippen LogP contribution >= 0.6 is 0 Å². The molecule has 29 heavy (non-hydrogen) atoms. The average molecular weight is 408 g/mol. The number of hydrogen-bond acceptors (Lipinski definition) is 9. The first-order chi connectivity index (χ1) is 13.8. The number of nitrogens with one attached hydrogen (secondary N) is 2. The largest absolute Gasteiger partial charge is 0.437 e. The average Bonchev–Trinajstić information content (AvgIpc) is 2.69. The smallest absolute Gasteiger partial charge is 0.380 e. The normalized spacial score (nSPS) is 20.1. The molecule has 0 bridgehead atoms. The van der Waals surface area contributed by atoms with Gasteiger partial charge in [0.15, 0.2) is 17.2 Å². The van der Waals surface area contributed by atoms with Gasteiger partial charge >= 0.3 is 6.18 Å². The van der Waals surface area contributed by atoms with E-state index in [1.165, 1.54) is 18.5 Å². The van der Waals surface area contributed by atoms with Crippen LogP contribution in [-0.4, -0.2) is 64.0 Å². The molecule has 0 spiro atoms. The van der Waals surface area contributed by atoms with Gasteiger partial charge in [-0.25, -0.2) is 9.97 Å². The maximum atomic E-state index is 13.3. The third-order valence-electron chi connectivity index (χ3n) is 4.42. The Balaban J connectivity index is 1.76. The molecule has 1 aliphatic rings. The highest BCUT2D eigenvalue weighted by Gasteiger charge is 2.37. The van der Waals surface area contributed by atoms with E-state index in [1.807, 2.05) is 20.0 Å². The lowest BCUT2D eigenvalue weighted by Crippen LogP contribution is -2.48. The number of aromatic nitrogens is 4. The van der Waals surface area contributed by atoms with Gasteiger partial charge in [0.2, 0.25) is 0 Å². The van der Waals surface area contributed by atoms with Gasteiger partial charge in [0, 0.05) is 25.2 Å². The monoisotopic (exact) mass is 408 g/mol. The summed E-state index contributed by atoms with van der Waals surface area (Å²) < 4.78 is 45.6. The number of hydrogen-bond donors (Lipinski definition) is 2. The summed E-state index contributed by atoms with van der Waals surface area (Å²) in [6.45, 7) is 3.30. The van der Waals surface area contributed by atoms with Crippen LogP contribution in [0.2, 0.25) is 0 Å². The lowest BCUT2D eigenvalue weighted by molar-refractivity contribution is -0.141. The Morgan fingerprint density at radius 3 is 2.69 bits per heavy atom. The number of rotatable bonds is 5. The van der Waals surface area contributed by atoms with E-state index >= 15 is 0 Å². The summed E-state index contributed by atoms with van der Waals surface area (Å²) in [6.07, 6.45) is -2.42. The minimum Gasteiger partial charge on any atom is -0.380 e. The van der Waals surface area contributed by atoms with Gasteiger partial charge < -0.3 is 15.4 Å². The van der Waals surface area contributed by atoms with Crippen LogP contribution < -0.4 is 10.6 Å². The van der Waals surface area contributed by atoms with E-state index in [9.17, 15) is 13.2 Å². The Bertz CT molecular complexity index is 884. The quantitative estimate of drug-likeness (QED) is 0.767. The van der Waals surface area contributed by atoms with Gasteiger partial charge in [0.1, 0.15) is 11.9 Å². The number of nitrogens with zero attached hydrogens (tertiary/aromatic N) is 6. The maximum absolute atomic E-state index is 13.3. The molecular formula is C17H19F3N8O. The molecule has 2 aromatic rings. The van der Waals surface area contributed by atoms with Crippen LogP contribution in [0.3, 0.4) is 0 Å². The first-order valence-electron chi connectivity index (χ1n) is 8.76. The fourth-order valence-corrected chi connectivity index (χ4v) is 2.68. The lowest BCUT2D eigenvalue weighted by Gasteiger charge is -2.35. The second-order valence-corrected chi connectivity index (χ2v) is 6.64. The molecule has 154 valence electrons. The van der Waals surface area contributed by atoms with Crippen molar-refractivity contribution >= 4 is 17.3 Å². The summed E-state index contributed by atoms with van der Waals surface area (Å²) in [5.41, 5.74) is -1.23. The van der Waals surface area contributed by atoms with Crippen molar-refractivity contribution in [3.8, 4) is 6.07 Å². The molecule has 2 atom stereocenters. The number of morpholine rings is 1. The maximum Gasteiger partial charge on any atom is 0.437 e. The number of anilines is 3. The number of likely N-dealkylation sites (N-methyl/N-ethyl adjacent to an activating group) is 1. The summed E-state index contributed by atoms with van der Waals surface area (Å²) in [7, 11) is 1.94.